The van der Waals surface area contributed by atoms with Gasteiger partial charge in [0.1, 0.15) is 0 Å². The normalized spacial score (nSPS) is 12.3. The van der Waals surface area contributed by atoms with Gasteiger partial charge in [0.05, 0.1) is 6.61 Å². The predicted molar refractivity (Wildman–Crippen MR) is 120 cm³/mol. The molecule has 0 fully saturated rings. The van der Waals surface area contributed by atoms with Crippen LogP contribution in [0.15, 0.2) is 0 Å². The maximum atomic E-state index is 11.5. The van der Waals surface area contributed by atoms with Gasteiger partial charge in [0.2, 0.25) is 0 Å². The molecule has 27 heavy (non-hydrogen) atoms. The Kier molecular flexibility index (Phi) is 21.9. The summed E-state index contributed by atoms with van der Waals surface area (Å²) in [5, 5.41) is 9.60. The molecule has 0 spiro atoms. The lowest BCUT2D eigenvalue weighted by molar-refractivity contribution is -0.153. The van der Waals surface area contributed by atoms with Gasteiger partial charge >= 0.3 is 5.97 Å². The molecule has 0 aliphatic carbocycles. The monoisotopic (exact) mass is 402 g/mol. The van der Waals surface area contributed by atoms with Gasteiger partial charge < -0.3 is 9.84 Å². The lowest BCUT2D eigenvalue weighted by Gasteiger charge is -2.09. The first kappa shape index (κ1) is 26.8. The molecule has 0 amide bonds. The van der Waals surface area contributed by atoms with Crippen molar-refractivity contribution in [3.63, 3.8) is 0 Å². The van der Waals surface area contributed by atoms with E-state index in [1.54, 1.807) is 11.8 Å². The van der Waals surface area contributed by atoms with E-state index in [2.05, 4.69) is 6.92 Å². The highest BCUT2D eigenvalue weighted by molar-refractivity contribution is 7.98. The van der Waals surface area contributed by atoms with Crippen LogP contribution in [0.3, 0.4) is 0 Å². The first-order valence-corrected chi connectivity index (χ1v) is 12.9. The summed E-state index contributed by atoms with van der Waals surface area (Å²) in [5.74, 6) is 0.333. The zero-order valence-electron chi connectivity index (χ0n) is 18.2. The molecule has 0 aromatic rings. The fourth-order valence-corrected chi connectivity index (χ4v) is 3.73. The number of aliphatic hydroxyl groups is 1. The summed E-state index contributed by atoms with van der Waals surface area (Å²) in [5.41, 5.74) is 0. The van der Waals surface area contributed by atoms with E-state index in [1.807, 2.05) is 6.26 Å². The number of ether oxygens (including phenoxy) is 1. The van der Waals surface area contributed by atoms with E-state index < -0.39 is 12.1 Å². The van der Waals surface area contributed by atoms with Crippen molar-refractivity contribution >= 4 is 17.7 Å². The molecule has 162 valence electrons. The lowest BCUT2D eigenvalue weighted by atomic mass is 10.0. The molecule has 1 N–H and O–H groups in total. The number of unbranched alkanes of at least 4 members (excludes halogenated alkanes) is 15. The highest BCUT2D eigenvalue weighted by Gasteiger charge is 2.15. The van der Waals surface area contributed by atoms with E-state index in [9.17, 15) is 9.90 Å². The molecule has 1 unspecified atom stereocenters. The van der Waals surface area contributed by atoms with Gasteiger partial charge in [0.15, 0.2) is 6.10 Å². The average Bonchev–Trinajstić information content (AvgIpc) is 2.68. The van der Waals surface area contributed by atoms with E-state index in [-0.39, 0.29) is 0 Å². The summed E-state index contributed by atoms with van der Waals surface area (Å²) in [4.78, 5) is 11.5. The Labute approximate surface area is 173 Å². The van der Waals surface area contributed by atoms with Crippen molar-refractivity contribution in [2.75, 3.05) is 18.6 Å². The summed E-state index contributed by atoms with van der Waals surface area (Å²) < 4.78 is 5.12. The minimum absolute atomic E-state index is 0.452. The number of carbonyl (C=O) groups is 1. The van der Waals surface area contributed by atoms with Crippen molar-refractivity contribution in [1.82, 2.24) is 0 Å². The topological polar surface area (TPSA) is 46.5 Å². The van der Waals surface area contributed by atoms with Crippen LogP contribution in [0.25, 0.3) is 0 Å². The molecule has 0 heterocycles. The molecule has 0 aromatic carbocycles. The van der Waals surface area contributed by atoms with Gasteiger partial charge in [-0.25, -0.2) is 4.79 Å². The molecule has 0 aromatic heterocycles. The average molecular weight is 403 g/mol. The standard InChI is InChI=1S/C23H46O3S/c1-3-4-5-6-7-8-9-10-11-12-13-14-15-16-17-18-20-26-23(25)22(24)19-21-27-2/h22,24H,3-21H2,1-2H3. The number of rotatable bonds is 21. The van der Waals surface area contributed by atoms with Crippen molar-refractivity contribution in [1.29, 1.82) is 0 Å². The quantitative estimate of drug-likeness (QED) is 0.167. The van der Waals surface area contributed by atoms with Crippen LogP contribution in [-0.4, -0.2) is 35.8 Å². The lowest BCUT2D eigenvalue weighted by Crippen LogP contribution is -2.24. The van der Waals surface area contributed by atoms with Crippen LogP contribution in [0.1, 0.15) is 116 Å². The number of thioether (sulfide) groups is 1. The van der Waals surface area contributed by atoms with Crippen LogP contribution in [0.2, 0.25) is 0 Å². The molecular weight excluding hydrogens is 356 g/mol. The molecule has 0 aliphatic rings. The smallest absolute Gasteiger partial charge is 0.334 e. The number of aliphatic hydroxyl groups excluding tert-OH is 1. The Balaban J connectivity index is 3.15. The van der Waals surface area contributed by atoms with E-state index in [0.717, 1.165) is 18.6 Å². The SMILES string of the molecule is CCCCCCCCCCCCCCCCCCOC(=O)C(O)CCSC. The van der Waals surface area contributed by atoms with Crippen LogP contribution in [-0.2, 0) is 9.53 Å². The zero-order valence-corrected chi connectivity index (χ0v) is 19.0. The van der Waals surface area contributed by atoms with Crippen molar-refractivity contribution in [2.45, 2.75) is 122 Å². The summed E-state index contributed by atoms with van der Waals surface area (Å²) in [6.45, 7) is 2.73. The molecule has 0 bridgehead atoms. The molecule has 0 saturated carbocycles. The molecule has 0 saturated heterocycles. The molecule has 3 nitrogen and oxygen atoms in total. The Morgan fingerprint density at radius 2 is 1.19 bits per heavy atom. The Bertz CT molecular complexity index is 310. The molecule has 0 rings (SSSR count). The van der Waals surface area contributed by atoms with Gasteiger partial charge in [-0.1, -0.05) is 103 Å². The van der Waals surface area contributed by atoms with Crippen molar-refractivity contribution in [2.24, 2.45) is 0 Å². The fourth-order valence-electron chi connectivity index (χ4n) is 3.27. The van der Waals surface area contributed by atoms with Crippen LogP contribution in [0, 0.1) is 0 Å². The predicted octanol–water partition coefficient (Wildman–Crippen LogP) is 6.91. The van der Waals surface area contributed by atoms with E-state index >= 15 is 0 Å². The zero-order chi connectivity index (χ0) is 20.0. The number of carbonyl (C=O) groups excluding carboxylic acids is 1. The number of hydrogen-bond donors (Lipinski definition) is 1. The van der Waals surface area contributed by atoms with Gasteiger partial charge in [-0.2, -0.15) is 11.8 Å². The van der Waals surface area contributed by atoms with E-state index in [0.29, 0.717) is 13.0 Å². The van der Waals surface area contributed by atoms with E-state index in [1.165, 1.54) is 89.9 Å². The maximum absolute atomic E-state index is 11.5. The summed E-state index contributed by atoms with van der Waals surface area (Å²) in [7, 11) is 0. The van der Waals surface area contributed by atoms with Gasteiger partial charge in [-0.05, 0) is 24.9 Å². The molecule has 4 heteroatoms. The minimum atomic E-state index is -0.946. The highest BCUT2D eigenvalue weighted by atomic mass is 32.2. The maximum Gasteiger partial charge on any atom is 0.334 e. The van der Waals surface area contributed by atoms with Crippen LogP contribution >= 0.6 is 11.8 Å². The Morgan fingerprint density at radius 3 is 1.59 bits per heavy atom. The second kappa shape index (κ2) is 22.1. The first-order valence-electron chi connectivity index (χ1n) is 11.6. The van der Waals surface area contributed by atoms with E-state index in [4.69, 9.17) is 4.74 Å². The molecule has 0 aliphatic heterocycles. The third kappa shape index (κ3) is 20.3. The van der Waals surface area contributed by atoms with Crippen molar-refractivity contribution < 1.29 is 14.6 Å². The number of hydrogen-bond acceptors (Lipinski definition) is 4. The van der Waals surface area contributed by atoms with Gasteiger partial charge in [0, 0.05) is 0 Å². The summed E-state index contributed by atoms with van der Waals surface area (Å²) in [6.07, 6.45) is 22.9. The van der Waals surface area contributed by atoms with Crippen molar-refractivity contribution in [3.05, 3.63) is 0 Å². The molecule has 1 atom stereocenters. The fraction of sp³-hybridized carbons (Fsp3) is 0.957. The summed E-state index contributed by atoms with van der Waals surface area (Å²) >= 11 is 1.63. The first-order chi connectivity index (χ1) is 13.2. The third-order valence-electron chi connectivity index (χ3n) is 5.11. The van der Waals surface area contributed by atoms with Crippen molar-refractivity contribution in [3.8, 4) is 0 Å². The second-order valence-electron chi connectivity index (χ2n) is 7.77. The molecular formula is C23H46O3S. The Morgan fingerprint density at radius 1 is 0.778 bits per heavy atom. The van der Waals surface area contributed by atoms with Crippen LogP contribution < -0.4 is 0 Å². The van der Waals surface area contributed by atoms with Gasteiger partial charge in [-0.15, -0.1) is 0 Å². The largest absolute Gasteiger partial charge is 0.464 e. The Hall–Kier alpha value is -0.220. The van der Waals surface area contributed by atoms with Gasteiger partial charge in [-0.3, -0.25) is 0 Å². The van der Waals surface area contributed by atoms with Gasteiger partial charge in [0.25, 0.3) is 0 Å². The minimum Gasteiger partial charge on any atom is -0.464 e. The van der Waals surface area contributed by atoms with Crippen LogP contribution in [0.4, 0.5) is 0 Å². The molecule has 0 radical (unpaired) electrons. The summed E-state index contributed by atoms with van der Waals surface area (Å²) in [6, 6.07) is 0. The number of esters is 1. The second-order valence-corrected chi connectivity index (χ2v) is 8.75. The highest BCUT2D eigenvalue weighted by Crippen LogP contribution is 2.13. The third-order valence-corrected chi connectivity index (χ3v) is 5.75. The van der Waals surface area contributed by atoms with Crippen LogP contribution in [0.5, 0.6) is 0 Å².